The first kappa shape index (κ1) is 17.6. The Labute approximate surface area is 162 Å². The van der Waals surface area contributed by atoms with E-state index in [0.717, 1.165) is 5.69 Å². The summed E-state index contributed by atoms with van der Waals surface area (Å²) in [5.74, 6) is 6.76. The fraction of sp³-hybridized carbons (Fsp3) is 0.136. The normalized spacial score (nSPS) is 10.5. The maximum absolute atomic E-state index is 13.3. The minimum atomic E-state index is -0.170. The summed E-state index contributed by atoms with van der Waals surface area (Å²) in [6.07, 6.45) is 2.45. The van der Waals surface area contributed by atoms with Crippen LogP contribution in [0.3, 0.4) is 0 Å². The van der Waals surface area contributed by atoms with Crippen molar-refractivity contribution in [1.29, 1.82) is 0 Å². The van der Waals surface area contributed by atoms with E-state index in [1.54, 1.807) is 4.68 Å². The highest BCUT2D eigenvalue weighted by molar-refractivity contribution is 5.84. The second-order valence-corrected chi connectivity index (χ2v) is 6.32. The zero-order valence-corrected chi connectivity index (χ0v) is 15.7. The number of rotatable bonds is 3. The van der Waals surface area contributed by atoms with E-state index in [0.29, 0.717) is 34.4 Å². The van der Waals surface area contributed by atoms with Gasteiger partial charge < -0.3 is 0 Å². The van der Waals surface area contributed by atoms with Crippen molar-refractivity contribution in [1.82, 2.24) is 19.4 Å². The molecule has 2 aromatic heterocycles. The molecule has 1 N–H and O–H groups in total. The fourth-order valence-corrected chi connectivity index (χ4v) is 2.99. The number of nitrogens with zero attached hydrogens (tertiary/aromatic N) is 4. The second-order valence-electron chi connectivity index (χ2n) is 6.32. The van der Waals surface area contributed by atoms with Gasteiger partial charge in [-0.1, -0.05) is 37.1 Å². The average molecular weight is 369 g/mol. The van der Waals surface area contributed by atoms with Crippen LogP contribution in [0.15, 0.2) is 65.6 Å². The van der Waals surface area contributed by atoms with Gasteiger partial charge in [-0.3, -0.25) is 14.9 Å². The molecular weight excluding hydrogens is 350 g/mol. The molecule has 138 valence electrons. The quantitative estimate of drug-likeness (QED) is 0.564. The number of hydrogen-bond acceptors (Lipinski definition) is 4. The van der Waals surface area contributed by atoms with Crippen molar-refractivity contribution in [2.45, 2.75) is 13.3 Å². The molecule has 0 saturated heterocycles. The number of benzene rings is 2. The van der Waals surface area contributed by atoms with Crippen molar-refractivity contribution in [2.24, 2.45) is 7.05 Å². The van der Waals surface area contributed by atoms with E-state index in [4.69, 9.17) is 0 Å². The minimum absolute atomic E-state index is 0.170. The SMILES string of the molecule is CCc1nc2cccc(C#Cc3ccn(C)n3)c2c(=O)n1Nc1ccccc1. The zero-order valence-electron chi connectivity index (χ0n) is 15.7. The van der Waals surface area contributed by atoms with Crippen LogP contribution >= 0.6 is 0 Å². The molecule has 28 heavy (non-hydrogen) atoms. The molecule has 0 unspecified atom stereocenters. The molecule has 0 amide bonds. The molecule has 0 spiro atoms. The van der Waals surface area contributed by atoms with Crippen LogP contribution in [0, 0.1) is 11.8 Å². The molecule has 0 atom stereocenters. The van der Waals surface area contributed by atoms with E-state index in [9.17, 15) is 4.79 Å². The average Bonchev–Trinajstić information content (AvgIpc) is 3.14. The van der Waals surface area contributed by atoms with E-state index in [2.05, 4.69) is 27.3 Å². The van der Waals surface area contributed by atoms with Gasteiger partial charge in [-0.25, -0.2) is 9.66 Å². The Morgan fingerprint density at radius 2 is 1.86 bits per heavy atom. The molecule has 2 aromatic carbocycles. The van der Waals surface area contributed by atoms with Crippen LogP contribution in [0.1, 0.15) is 24.0 Å². The van der Waals surface area contributed by atoms with Crippen LogP contribution < -0.4 is 11.0 Å². The van der Waals surface area contributed by atoms with Crippen LogP contribution in [0.5, 0.6) is 0 Å². The van der Waals surface area contributed by atoms with Crippen LogP contribution in [0.2, 0.25) is 0 Å². The van der Waals surface area contributed by atoms with Gasteiger partial charge in [0.25, 0.3) is 5.56 Å². The highest BCUT2D eigenvalue weighted by atomic mass is 16.1. The Morgan fingerprint density at radius 3 is 2.57 bits per heavy atom. The van der Waals surface area contributed by atoms with Gasteiger partial charge in [0.05, 0.1) is 16.6 Å². The number of aryl methyl sites for hydroxylation is 2. The Morgan fingerprint density at radius 1 is 1.04 bits per heavy atom. The number of para-hydroxylation sites is 1. The zero-order chi connectivity index (χ0) is 19.5. The van der Waals surface area contributed by atoms with E-state index >= 15 is 0 Å². The molecule has 6 heteroatoms. The lowest BCUT2D eigenvalue weighted by Crippen LogP contribution is -2.31. The van der Waals surface area contributed by atoms with Gasteiger partial charge >= 0.3 is 0 Å². The minimum Gasteiger partial charge on any atom is -0.290 e. The monoisotopic (exact) mass is 369 g/mol. The molecule has 4 rings (SSSR count). The Bertz CT molecular complexity index is 1260. The highest BCUT2D eigenvalue weighted by Gasteiger charge is 2.13. The van der Waals surface area contributed by atoms with E-state index in [-0.39, 0.29) is 5.56 Å². The summed E-state index contributed by atoms with van der Waals surface area (Å²) < 4.78 is 3.20. The maximum atomic E-state index is 13.3. The lowest BCUT2D eigenvalue weighted by atomic mass is 10.1. The predicted octanol–water partition coefficient (Wildman–Crippen LogP) is 2.97. The van der Waals surface area contributed by atoms with Crippen LogP contribution in [0.4, 0.5) is 5.69 Å². The summed E-state index contributed by atoms with van der Waals surface area (Å²) in [7, 11) is 1.84. The maximum Gasteiger partial charge on any atom is 0.281 e. The molecule has 4 aromatic rings. The molecule has 0 bridgehead atoms. The summed E-state index contributed by atoms with van der Waals surface area (Å²) in [4.78, 5) is 18.0. The Hall–Kier alpha value is -3.85. The summed E-state index contributed by atoms with van der Waals surface area (Å²) in [6.45, 7) is 1.97. The number of nitrogens with one attached hydrogen (secondary N) is 1. The number of anilines is 1. The van der Waals surface area contributed by atoms with Gasteiger partial charge in [-0.15, -0.1) is 0 Å². The molecular formula is C22H19N5O. The first-order valence-corrected chi connectivity index (χ1v) is 9.04. The molecule has 0 saturated carbocycles. The van der Waals surface area contributed by atoms with E-state index < -0.39 is 0 Å². The number of aromatic nitrogens is 4. The van der Waals surface area contributed by atoms with E-state index in [1.165, 1.54) is 4.68 Å². The first-order chi connectivity index (χ1) is 13.7. The van der Waals surface area contributed by atoms with Gasteiger partial charge in [0.1, 0.15) is 11.5 Å². The van der Waals surface area contributed by atoms with E-state index in [1.807, 2.05) is 74.8 Å². The molecule has 2 heterocycles. The second kappa shape index (κ2) is 7.41. The topological polar surface area (TPSA) is 64.7 Å². The smallest absolute Gasteiger partial charge is 0.281 e. The van der Waals surface area contributed by atoms with Crippen LogP contribution in [-0.4, -0.2) is 19.4 Å². The molecule has 0 aliphatic heterocycles. The van der Waals surface area contributed by atoms with Gasteiger partial charge in [0.15, 0.2) is 0 Å². The van der Waals surface area contributed by atoms with Gasteiger partial charge in [-0.05, 0) is 36.3 Å². The third-order valence-electron chi connectivity index (χ3n) is 4.34. The summed E-state index contributed by atoms with van der Waals surface area (Å²) in [5, 5.41) is 4.75. The molecule has 0 aliphatic rings. The first-order valence-electron chi connectivity index (χ1n) is 9.04. The molecule has 0 fully saturated rings. The van der Waals surface area contributed by atoms with Crippen LogP contribution in [-0.2, 0) is 13.5 Å². The van der Waals surface area contributed by atoms with Crippen molar-refractivity contribution in [2.75, 3.05) is 5.43 Å². The molecule has 0 radical (unpaired) electrons. The summed E-state index contributed by atoms with van der Waals surface area (Å²) in [5.41, 5.74) is 5.74. The van der Waals surface area contributed by atoms with Gasteiger partial charge in [-0.2, -0.15) is 5.10 Å². The van der Waals surface area contributed by atoms with Crippen molar-refractivity contribution in [3.05, 3.63) is 88.2 Å². The summed E-state index contributed by atoms with van der Waals surface area (Å²) in [6, 6.07) is 16.9. The fourth-order valence-electron chi connectivity index (χ4n) is 2.99. The summed E-state index contributed by atoms with van der Waals surface area (Å²) >= 11 is 0. The predicted molar refractivity (Wildman–Crippen MR) is 110 cm³/mol. The lowest BCUT2D eigenvalue weighted by molar-refractivity contribution is 0.764. The lowest BCUT2D eigenvalue weighted by Gasteiger charge is -2.15. The standard InChI is InChI=1S/C22H19N5O/c1-3-20-23-19-11-7-8-16(12-13-18-14-15-26(2)24-18)21(19)22(28)27(20)25-17-9-5-4-6-10-17/h4-11,14-15,25H,3H2,1-2H3. The van der Waals surface area contributed by atoms with Crippen molar-refractivity contribution in [3.8, 4) is 11.8 Å². The van der Waals surface area contributed by atoms with Gasteiger partial charge in [0.2, 0.25) is 0 Å². The van der Waals surface area contributed by atoms with Crippen LogP contribution in [0.25, 0.3) is 10.9 Å². The molecule has 6 nitrogen and oxygen atoms in total. The number of fused-ring (bicyclic) bond motifs is 1. The van der Waals surface area contributed by atoms with Crippen molar-refractivity contribution < 1.29 is 0 Å². The van der Waals surface area contributed by atoms with Crippen molar-refractivity contribution >= 4 is 16.6 Å². The third kappa shape index (κ3) is 3.38. The largest absolute Gasteiger partial charge is 0.290 e. The Kier molecular flexibility index (Phi) is 4.65. The third-order valence-corrected chi connectivity index (χ3v) is 4.34. The van der Waals surface area contributed by atoms with Crippen molar-refractivity contribution in [3.63, 3.8) is 0 Å². The molecule has 0 aliphatic carbocycles. The number of hydrogen-bond donors (Lipinski definition) is 1. The highest BCUT2D eigenvalue weighted by Crippen LogP contribution is 2.15. The van der Waals surface area contributed by atoms with Gasteiger partial charge in [0, 0.05) is 25.2 Å². The Balaban J connectivity index is 1.88.